The van der Waals surface area contributed by atoms with Crippen LogP contribution in [-0.2, 0) is 0 Å². The van der Waals surface area contributed by atoms with E-state index < -0.39 is 0 Å². The van der Waals surface area contributed by atoms with Gasteiger partial charge in [0, 0.05) is 22.2 Å². The van der Waals surface area contributed by atoms with Gasteiger partial charge in [-0.05, 0) is 25.5 Å². The molecule has 0 saturated carbocycles. The number of rotatable bonds is 2. The van der Waals surface area contributed by atoms with Crippen molar-refractivity contribution in [2.24, 2.45) is 0 Å². The molecule has 5 nitrogen and oxygen atoms in total. The summed E-state index contributed by atoms with van der Waals surface area (Å²) in [5, 5.41) is 10.4. The highest BCUT2D eigenvalue weighted by atomic mass is 32.1. The fraction of sp³-hybridized carbons (Fsp3) is 0.100. The van der Waals surface area contributed by atoms with Crippen LogP contribution >= 0.6 is 11.3 Å². The Hall–Kier alpha value is -3.30. The number of pyridine rings is 2. The number of aromatic nitrogens is 2. The number of carbonyl (C=O) groups excluding carboxylic acids is 1. The highest BCUT2D eigenvalue weighted by molar-refractivity contribution is 7.26. The summed E-state index contributed by atoms with van der Waals surface area (Å²) in [6, 6.07) is 13.7. The number of aryl methyl sites for hydroxylation is 1. The minimum Gasteiger partial charge on any atom is -0.383 e. The number of Topliss-reactive ketones (excluding diaryl/α,β-unsaturated/α-hetero) is 1. The van der Waals surface area contributed by atoms with Crippen molar-refractivity contribution in [1.29, 1.82) is 5.26 Å². The molecule has 0 aliphatic rings. The first-order valence-electron chi connectivity index (χ1n) is 8.01. The topological polar surface area (TPSA) is 92.7 Å². The first kappa shape index (κ1) is 16.2. The van der Waals surface area contributed by atoms with Crippen LogP contribution in [0.15, 0.2) is 36.4 Å². The van der Waals surface area contributed by atoms with Gasteiger partial charge in [0.25, 0.3) is 0 Å². The van der Waals surface area contributed by atoms with Crippen molar-refractivity contribution in [3.05, 3.63) is 53.2 Å². The van der Waals surface area contributed by atoms with Crippen LogP contribution in [0.25, 0.3) is 31.6 Å². The van der Waals surface area contributed by atoms with Crippen molar-refractivity contribution in [3.63, 3.8) is 0 Å². The minimum absolute atomic E-state index is 0.0406. The van der Waals surface area contributed by atoms with Crippen LogP contribution in [0, 0.1) is 18.3 Å². The van der Waals surface area contributed by atoms with Gasteiger partial charge in [-0.15, -0.1) is 11.3 Å². The molecule has 0 spiro atoms. The second kappa shape index (κ2) is 5.90. The van der Waals surface area contributed by atoms with Gasteiger partial charge in [0.2, 0.25) is 0 Å². The maximum Gasteiger partial charge on any atom is 0.161 e. The molecule has 126 valence electrons. The van der Waals surface area contributed by atoms with E-state index in [9.17, 15) is 10.1 Å². The van der Waals surface area contributed by atoms with E-state index >= 15 is 0 Å². The average molecular weight is 358 g/mol. The number of nitrogens with two attached hydrogens (primary N) is 1. The summed E-state index contributed by atoms with van der Waals surface area (Å²) in [6.07, 6.45) is 0. The van der Waals surface area contributed by atoms with Crippen molar-refractivity contribution in [2.75, 3.05) is 5.73 Å². The van der Waals surface area contributed by atoms with Crippen LogP contribution in [0.2, 0.25) is 0 Å². The number of hydrogen-bond donors (Lipinski definition) is 1. The van der Waals surface area contributed by atoms with E-state index in [4.69, 9.17) is 5.73 Å². The van der Waals surface area contributed by atoms with Crippen molar-refractivity contribution in [2.45, 2.75) is 13.8 Å². The Morgan fingerprint density at radius 3 is 2.62 bits per heavy atom. The number of nitrogens with zero attached hydrogens (tertiary/aromatic N) is 3. The number of anilines is 1. The Morgan fingerprint density at radius 2 is 1.96 bits per heavy atom. The van der Waals surface area contributed by atoms with E-state index in [0.717, 1.165) is 26.0 Å². The van der Waals surface area contributed by atoms with E-state index in [0.29, 0.717) is 22.3 Å². The van der Waals surface area contributed by atoms with E-state index in [1.807, 2.05) is 43.3 Å². The minimum atomic E-state index is -0.0406. The quantitative estimate of drug-likeness (QED) is 0.533. The first-order valence-corrected chi connectivity index (χ1v) is 8.82. The Bertz CT molecular complexity index is 1240. The Kier molecular flexibility index (Phi) is 3.67. The number of nitriles is 1. The molecule has 0 atom stereocenters. The van der Waals surface area contributed by atoms with E-state index in [2.05, 4.69) is 16.0 Å². The maximum atomic E-state index is 11.9. The number of thiophene rings is 1. The third kappa shape index (κ3) is 2.33. The van der Waals surface area contributed by atoms with Crippen LogP contribution < -0.4 is 5.73 Å². The number of ketones is 1. The summed E-state index contributed by atoms with van der Waals surface area (Å²) in [5.74, 6) is 0.143. The molecule has 3 aromatic heterocycles. The third-order valence-corrected chi connectivity index (χ3v) is 5.47. The second-order valence-corrected chi connectivity index (χ2v) is 7.03. The molecule has 0 aliphatic heterocycles. The molecule has 0 saturated heterocycles. The summed E-state index contributed by atoms with van der Waals surface area (Å²) in [7, 11) is 0. The average Bonchev–Trinajstić information content (AvgIpc) is 2.97. The molecule has 4 aromatic rings. The molecule has 1 aromatic carbocycles. The van der Waals surface area contributed by atoms with Crippen molar-refractivity contribution in [3.8, 4) is 17.2 Å². The Morgan fingerprint density at radius 1 is 1.23 bits per heavy atom. The van der Waals surface area contributed by atoms with Crippen molar-refractivity contribution >= 4 is 43.4 Å². The number of benzene rings is 1. The van der Waals surface area contributed by atoms with Gasteiger partial charge in [0.1, 0.15) is 22.3 Å². The Labute approximate surface area is 153 Å². The summed E-state index contributed by atoms with van der Waals surface area (Å²) < 4.78 is 0.851. The molecule has 3 heterocycles. The highest BCUT2D eigenvalue weighted by Gasteiger charge is 2.20. The molecule has 0 unspecified atom stereocenters. The van der Waals surface area contributed by atoms with Gasteiger partial charge in [-0.25, -0.2) is 9.97 Å². The van der Waals surface area contributed by atoms with Gasteiger partial charge in [-0.2, -0.15) is 5.26 Å². The molecular formula is C20H14N4OS. The van der Waals surface area contributed by atoms with Gasteiger partial charge in [0.05, 0.1) is 10.2 Å². The fourth-order valence-corrected chi connectivity index (χ4v) is 4.36. The lowest BCUT2D eigenvalue weighted by Crippen LogP contribution is -1.99. The second-order valence-electron chi connectivity index (χ2n) is 6.03. The van der Waals surface area contributed by atoms with Crippen LogP contribution in [0.1, 0.15) is 28.5 Å². The first-order chi connectivity index (χ1) is 12.5. The van der Waals surface area contributed by atoms with Gasteiger partial charge in [-0.3, -0.25) is 4.79 Å². The van der Waals surface area contributed by atoms with Gasteiger partial charge < -0.3 is 5.73 Å². The van der Waals surface area contributed by atoms with E-state index in [1.54, 1.807) is 0 Å². The zero-order chi connectivity index (χ0) is 18.4. The fourth-order valence-electron chi connectivity index (χ4n) is 3.15. The molecule has 0 fully saturated rings. The summed E-state index contributed by atoms with van der Waals surface area (Å²) in [4.78, 5) is 21.7. The van der Waals surface area contributed by atoms with E-state index in [1.165, 1.54) is 18.3 Å². The van der Waals surface area contributed by atoms with Crippen LogP contribution in [0.5, 0.6) is 0 Å². The lowest BCUT2D eigenvalue weighted by atomic mass is 10.00. The Balaban J connectivity index is 2.19. The molecular weight excluding hydrogens is 344 g/mol. The smallest absolute Gasteiger partial charge is 0.161 e. The number of fused-ring (bicyclic) bond motifs is 3. The molecule has 4 rings (SSSR count). The van der Waals surface area contributed by atoms with Gasteiger partial charge >= 0.3 is 0 Å². The van der Waals surface area contributed by atoms with Gasteiger partial charge in [-0.1, -0.05) is 30.3 Å². The standard InChI is InChI=1S/C20H14N4OS/c1-10-13(11(2)25)8-14-17-18(26-20(14)23-10)16(12-6-4-3-5-7-12)15(9-21)19(22)24-17/h3-8H,1-2H3,(H2,22,24). The van der Waals surface area contributed by atoms with Crippen LogP contribution in [-0.4, -0.2) is 15.8 Å². The van der Waals surface area contributed by atoms with E-state index in [-0.39, 0.29) is 11.6 Å². The SMILES string of the molecule is CC(=O)c1cc2c(nc1C)sc1c(-c3ccccc3)c(C#N)c(N)nc12. The van der Waals surface area contributed by atoms with Gasteiger partial charge in [0.15, 0.2) is 5.78 Å². The number of carbonyl (C=O) groups is 1. The normalized spacial score (nSPS) is 11.0. The largest absolute Gasteiger partial charge is 0.383 e. The number of hydrogen-bond acceptors (Lipinski definition) is 6. The molecule has 0 amide bonds. The van der Waals surface area contributed by atoms with Crippen LogP contribution in [0.3, 0.4) is 0 Å². The zero-order valence-corrected chi connectivity index (χ0v) is 15.0. The van der Waals surface area contributed by atoms with Crippen molar-refractivity contribution < 1.29 is 4.79 Å². The zero-order valence-electron chi connectivity index (χ0n) is 14.2. The monoisotopic (exact) mass is 358 g/mol. The molecule has 26 heavy (non-hydrogen) atoms. The summed E-state index contributed by atoms with van der Waals surface area (Å²) >= 11 is 1.46. The lowest BCUT2D eigenvalue weighted by Gasteiger charge is -2.08. The molecule has 6 heteroatoms. The summed E-state index contributed by atoms with van der Waals surface area (Å²) in [5.41, 5.74) is 10.1. The third-order valence-electron chi connectivity index (χ3n) is 4.37. The number of nitrogen functional groups attached to an aromatic ring is 1. The molecule has 0 radical (unpaired) electrons. The maximum absolute atomic E-state index is 11.9. The molecule has 2 N–H and O–H groups in total. The van der Waals surface area contributed by atoms with Crippen molar-refractivity contribution in [1.82, 2.24) is 9.97 Å². The van der Waals surface area contributed by atoms with Crippen LogP contribution in [0.4, 0.5) is 5.82 Å². The highest BCUT2D eigenvalue weighted by Crippen LogP contribution is 2.41. The predicted octanol–water partition coefficient (Wildman–Crippen LogP) is 4.48. The molecule has 0 aliphatic carbocycles. The molecule has 0 bridgehead atoms. The predicted molar refractivity (Wildman–Crippen MR) is 104 cm³/mol. The lowest BCUT2D eigenvalue weighted by molar-refractivity contribution is 0.101. The summed E-state index contributed by atoms with van der Waals surface area (Å²) in [6.45, 7) is 3.34.